The Kier molecular flexibility index (Phi) is 9.60. The molecule has 1 saturated heterocycles. The molecule has 1 aliphatic heterocycles. The van der Waals surface area contributed by atoms with Crippen LogP contribution >= 0.6 is 6.64 Å². The van der Waals surface area contributed by atoms with Gasteiger partial charge in [-0.15, -0.1) is 0 Å². The van der Waals surface area contributed by atoms with E-state index in [1.165, 1.54) is 6.92 Å². The fraction of sp³-hybridized carbons (Fsp3) is 0.423. The Bertz CT molecular complexity index is 1600. The molecular formula is C26H29F3N3O8PS. The lowest BCUT2D eigenvalue weighted by atomic mass is 9.98. The van der Waals surface area contributed by atoms with Crippen molar-refractivity contribution >= 4 is 35.2 Å². The van der Waals surface area contributed by atoms with Gasteiger partial charge in [0.05, 0.1) is 12.7 Å². The van der Waals surface area contributed by atoms with Gasteiger partial charge in [0.25, 0.3) is 12.0 Å². The van der Waals surface area contributed by atoms with Crippen LogP contribution in [-0.2, 0) is 30.6 Å². The van der Waals surface area contributed by atoms with Gasteiger partial charge in [-0.1, -0.05) is 36.4 Å². The number of nitrogens with one attached hydrogen (secondary N) is 2. The number of hydrogen-bond acceptors (Lipinski definition) is 9. The molecule has 0 spiro atoms. The minimum absolute atomic E-state index is 0.196. The van der Waals surface area contributed by atoms with Crippen LogP contribution in [0.1, 0.15) is 27.0 Å². The molecule has 0 aliphatic carbocycles. The van der Waals surface area contributed by atoms with E-state index in [1.807, 2.05) is 4.98 Å². The standard InChI is InChI=1S/C26H29F3N3O8PS/c1-14(2)38-23(35)15(3)31-41(42,40-18-10-6-8-16-7-4-5-9-17(16)18)37-13-26(24(28)29)21(27)20(34)22(39-26)32-12-11-19(33)30-25(32)36/h4-12,14-15,20-22,24,34H,13H2,1-3H3,(H,31,42)(H,30,33,36)/t15-,20+,21-,22+,26+,41?/m0/s1. The number of aromatic nitrogens is 2. The van der Waals surface area contributed by atoms with Gasteiger partial charge in [0, 0.05) is 17.6 Å². The second-order valence-corrected chi connectivity index (χ2v) is 13.0. The van der Waals surface area contributed by atoms with Crippen LogP contribution in [0.25, 0.3) is 10.8 Å². The summed E-state index contributed by atoms with van der Waals surface area (Å²) in [5, 5.41) is 14.6. The third-order valence-electron chi connectivity index (χ3n) is 6.38. The van der Waals surface area contributed by atoms with Crippen LogP contribution in [0.3, 0.4) is 0 Å². The number of H-pyrrole nitrogens is 1. The summed E-state index contributed by atoms with van der Waals surface area (Å²) < 4.78 is 67.4. The zero-order chi connectivity index (χ0) is 30.8. The van der Waals surface area contributed by atoms with E-state index in [4.69, 9.17) is 30.3 Å². The lowest BCUT2D eigenvalue weighted by Gasteiger charge is -2.33. The number of nitrogens with zero attached hydrogens (tertiary/aromatic N) is 1. The van der Waals surface area contributed by atoms with Crippen LogP contribution in [0.2, 0.25) is 0 Å². The number of alkyl halides is 3. The molecule has 0 saturated carbocycles. The molecule has 16 heteroatoms. The van der Waals surface area contributed by atoms with Gasteiger partial charge in [0.15, 0.2) is 18.0 Å². The van der Waals surface area contributed by atoms with E-state index in [9.17, 15) is 28.3 Å². The maximum atomic E-state index is 15.5. The van der Waals surface area contributed by atoms with Crippen molar-refractivity contribution in [3.63, 3.8) is 0 Å². The van der Waals surface area contributed by atoms with Gasteiger partial charge >= 0.3 is 18.3 Å². The molecule has 0 amide bonds. The van der Waals surface area contributed by atoms with E-state index in [0.29, 0.717) is 9.95 Å². The Hall–Kier alpha value is -3.07. The van der Waals surface area contributed by atoms with Crippen molar-refractivity contribution in [1.29, 1.82) is 0 Å². The zero-order valence-electron chi connectivity index (χ0n) is 22.6. The molecule has 42 heavy (non-hydrogen) atoms. The molecule has 6 atom stereocenters. The fourth-order valence-electron chi connectivity index (χ4n) is 4.30. The van der Waals surface area contributed by atoms with E-state index in [1.54, 1.807) is 56.3 Å². The first-order chi connectivity index (χ1) is 19.8. The number of aliphatic hydroxyl groups excluding tert-OH is 1. The average Bonchev–Trinajstić information content (AvgIpc) is 3.18. The Balaban J connectivity index is 1.68. The van der Waals surface area contributed by atoms with Crippen LogP contribution in [0.5, 0.6) is 5.75 Å². The number of fused-ring (bicyclic) bond motifs is 1. The molecule has 1 unspecified atom stereocenters. The zero-order valence-corrected chi connectivity index (χ0v) is 24.3. The maximum Gasteiger partial charge on any atom is 0.330 e. The number of carbonyl (C=O) groups excluding carboxylic acids is 1. The van der Waals surface area contributed by atoms with Crippen molar-refractivity contribution < 1.29 is 41.6 Å². The summed E-state index contributed by atoms with van der Waals surface area (Å²) in [6.45, 7) is -0.576. The first-order valence-corrected chi connectivity index (χ1v) is 15.4. The molecule has 0 radical (unpaired) electrons. The fourth-order valence-corrected chi connectivity index (χ4v) is 6.72. The summed E-state index contributed by atoms with van der Waals surface area (Å²) in [4.78, 5) is 38.1. The number of esters is 1. The highest BCUT2D eigenvalue weighted by Crippen LogP contribution is 2.51. The van der Waals surface area contributed by atoms with Gasteiger partial charge in [0.1, 0.15) is 17.9 Å². The van der Waals surface area contributed by atoms with Gasteiger partial charge in [-0.05, 0) is 44.0 Å². The van der Waals surface area contributed by atoms with E-state index in [2.05, 4.69) is 5.09 Å². The molecule has 0 bridgehead atoms. The summed E-state index contributed by atoms with van der Waals surface area (Å²) in [6.07, 6.45) is -10.2. The second-order valence-electron chi connectivity index (χ2n) is 9.85. The number of rotatable bonds is 11. The number of halogens is 3. The Labute approximate surface area is 242 Å². The number of aliphatic hydroxyl groups is 1. The molecule has 3 aromatic rings. The highest BCUT2D eigenvalue weighted by Gasteiger charge is 2.62. The van der Waals surface area contributed by atoms with Crippen LogP contribution in [0, 0.1) is 0 Å². The third-order valence-corrected chi connectivity index (χ3v) is 8.84. The van der Waals surface area contributed by atoms with Crippen LogP contribution < -0.4 is 20.9 Å². The lowest BCUT2D eigenvalue weighted by molar-refractivity contribution is -0.182. The quantitative estimate of drug-likeness (QED) is 0.214. The highest BCUT2D eigenvalue weighted by molar-refractivity contribution is 8.09. The van der Waals surface area contributed by atoms with Gasteiger partial charge in [-0.25, -0.2) is 23.1 Å². The van der Waals surface area contributed by atoms with Crippen molar-refractivity contribution in [2.24, 2.45) is 0 Å². The predicted molar refractivity (Wildman–Crippen MR) is 150 cm³/mol. The normalized spacial score (nSPS) is 24.5. The summed E-state index contributed by atoms with van der Waals surface area (Å²) in [5.41, 5.74) is -5.03. The van der Waals surface area contributed by atoms with Crippen LogP contribution in [0.15, 0.2) is 64.3 Å². The average molecular weight is 632 g/mol. The van der Waals surface area contributed by atoms with Gasteiger partial charge in [-0.2, -0.15) is 0 Å². The topological polar surface area (TPSA) is 141 Å². The molecule has 2 heterocycles. The molecule has 4 rings (SSSR count). The minimum Gasteiger partial charge on any atom is -0.462 e. The second kappa shape index (κ2) is 12.7. The maximum absolute atomic E-state index is 15.5. The van der Waals surface area contributed by atoms with Crippen LogP contribution in [0.4, 0.5) is 13.2 Å². The molecule has 3 N–H and O–H groups in total. The van der Waals surface area contributed by atoms with Crippen molar-refractivity contribution in [3.8, 4) is 5.75 Å². The number of aromatic amines is 1. The molecule has 1 aliphatic rings. The van der Waals surface area contributed by atoms with E-state index < -0.39 is 73.1 Å². The predicted octanol–water partition coefficient (Wildman–Crippen LogP) is 3.17. The summed E-state index contributed by atoms with van der Waals surface area (Å²) in [7, 11) is 0. The lowest BCUT2D eigenvalue weighted by Crippen LogP contribution is -2.51. The van der Waals surface area contributed by atoms with Crippen LogP contribution in [-0.4, -0.2) is 63.7 Å². The van der Waals surface area contributed by atoms with Crippen molar-refractivity contribution in [2.75, 3.05) is 6.61 Å². The molecule has 2 aromatic carbocycles. The van der Waals surface area contributed by atoms with Gasteiger partial charge < -0.3 is 23.6 Å². The summed E-state index contributed by atoms with van der Waals surface area (Å²) in [6, 6.07) is 11.8. The number of benzene rings is 2. The number of hydrogen-bond donors (Lipinski definition) is 3. The molecular weight excluding hydrogens is 602 g/mol. The van der Waals surface area contributed by atoms with Crippen molar-refractivity contribution in [2.45, 2.75) is 63.4 Å². The third kappa shape index (κ3) is 6.61. The Morgan fingerprint density at radius 1 is 1.19 bits per heavy atom. The number of ether oxygens (including phenoxy) is 2. The first-order valence-electron chi connectivity index (χ1n) is 12.8. The molecule has 1 aromatic heterocycles. The first kappa shape index (κ1) is 31.9. The smallest absolute Gasteiger partial charge is 0.330 e. The monoisotopic (exact) mass is 631 g/mol. The number of carbonyl (C=O) groups is 1. The molecule has 11 nitrogen and oxygen atoms in total. The summed E-state index contributed by atoms with van der Waals surface area (Å²) >= 11 is 5.62. The van der Waals surface area contributed by atoms with Crippen molar-refractivity contribution in [3.05, 3.63) is 75.6 Å². The van der Waals surface area contributed by atoms with E-state index in [-0.39, 0.29) is 5.75 Å². The summed E-state index contributed by atoms with van der Waals surface area (Å²) in [5.74, 6) is -0.539. The van der Waals surface area contributed by atoms with Crippen molar-refractivity contribution in [1.82, 2.24) is 14.6 Å². The van der Waals surface area contributed by atoms with Gasteiger partial charge in [-0.3, -0.25) is 19.1 Å². The Morgan fingerprint density at radius 2 is 1.88 bits per heavy atom. The largest absolute Gasteiger partial charge is 0.462 e. The minimum atomic E-state index is -3.98. The van der Waals surface area contributed by atoms with Gasteiger partial charge in [0.2, 0.25) is 0 Å². The SMILES string of the molecule is CC(C)OC(=O)[C@H](C)NP(=S)(OC[C@@]1(C(F)F)O[C@@H](n2ccc(=O)[nH]c2=O)[C@H](O)[C@@H]1F)Oc1cccc2ccccc12. The van der Waals surface area contributed by atoms with E-state index >= 15 is 4.39 Å². The molecule has 1 fully saturated rings. The molecule has 228 valence electrons. The highest BCUT2D eigenvalue weighted by atomic mass is 32.5. The van der Waals surface area contributed by atoms with E-state index in [0.717, 1.165) is 17.6 Å². The Morgan fingerprint density at radius 3 is 2.55 bits per heavy atom.